The number of rotatable bonds is 7. The molecule has 0 amide bonds. The van der Waals surface area contributed by atoms with E-state index in [1.807, 2.05) is 30.3 Å². The van der Waals surface area contributed by atoms with Crippen LogP contribution in [-0.2, 0) is 10.3 Å². The van der Waals surface area contributed by atoms with Crippen molar-refractivity contribution in [2.24, 2.45) is 11.7 Å². The zero-order valence-corrected chi connectivity index (χ0v) is 11.6. The van der Waals surface area contributed by atoms with Crippen LogP contribution in [0, 0.1) is 5.92 Å². The summed E-state index contributed by atoms with van der Waals surface area (Å²) in [6, 6.07) is 9.71. The van der Waals surface area contributed by atoms with Gasteiger partial charge in [-0.1, -0.05) is 44.2 Å². The Morgan fingerprint density at radius 1 is 1.22 bits per heavy atom. The van der Waals surface area contributed by atoms with Crippen LogP contribution in [-0.4, -0.2) is 24.4 Å². The molecule has 0 saturated carbocycles. The third-order valence-electron chi connectivity index (χ3n) is 3.50. The molecule has 2 unspecified atom stereocenters. The second-order valence-electron chi connectivity index (χ2n) is 5.25. The van der Waals surface area contributed by atoms with Crippen molar-refractivity contribution >= 4 is 0 Å². The van der Waals surface area contributed by atoms with Gasteiger partial charge in [0.05, 0.1) is 18.2 Å². The van der Waals surface area contributed by atoms with Gasteiger partial charge in [0.25, 0.3) is 0 Å². The Balaban J connectivity index is 2.56. The van der Waals surface area contributed by atoms with Crippen LogP contribution in [0.3, 0.4) is 0 Å². The summed E-state index contributed by atoms with van der Waals surface area (Å²) in [4.78, 5) is 0. The van der Waals surface area contributed by atoms with E-state index in [-0.39, 0.29) is 12.7 Å². The van der Waals surface area contributed by atoms with Gasteiger partial charge in [0, 0.05) is 6.61 Å². The quantitative estimate of drug-likeness (QED) is 0.781. The molecule has 0 fully saturated rings. The number of hydrogen-bond acceptors (Lipinski definition) is 3. The highest BCUT2D eigenvalue weighted by molar-refractivity contribution is 5.23. The molecule has 0 aliphatic carbocycles. The van der Waals surface area contributed by atoms with Gasteiger partial charge in [-0.25, -0.2) is 0 Å². The molecule has 3 heteroatoms. The van der Waals surface area contributed by atoms with Crippen LogP contribution < -0.4 is 5.73 Å². The second kappa shape index (κ2) is 6.88. The predicted octanol–water partition coefficient (Wildman–Crippen LogP) is 2.28. The molecule has 0 radical (unpaired) electrons. The van der Waals surface area contributed by atoms with Gasteiger partial charge in [-0.05, 0) is 24.8 Å². The fourth-order valence-corrected chi connectivity index (χ4v) is 1.70. The molecule has 0 aromatic heterocycles. The number of aliphatic hydroxyl groups excluding tert-OH is 1. The molecule has 1 aromatic carbocycles. The molecule has 0 bridgehead atoms. The normalized spacial score (nSPS) is 16.6. The van der Waals surface area contributed by atoms with Crippen LogP contribution in [0.5, 0.6) is 0 Å². The summed E-state index contributed by atoms with van der Waals surface area (Å²) in [5.74, 6) is 0.489. The molecule has 0 heterocycles. The van der Waals surface area contributed by atoms with Crippen molar-refractivity contribution in [1.82, 2.24) is 0 Å². The smallest absolute Gasteiger partial charge is 0.0666 e. The first-order chi connectivity index (χ1) is 8.49. The Hall–Kier alpha value is -0.900. The third kappa shape index (κ3) is 4.09. The minimum atomic E-state index is -0.710. The van der Waals surface area contributed by atoms with Gasteiger partial charge in [0.2, 0.25) is 0 Å². The molecule has 1 aromatic rings. The second-order valence-corrected chi connectivity index (χ2v) is 5.25. The Morgan fingerprint density at radius 2 is 1.83 bits per heavy atom. The molecule has 102 valence electrons. The van der Waals surface area contributed by atoms with Crippen molar-refractivity contribution in [3.63, 3.8) is 0 Å². The molecule has 0 aliphatic heterocycles. The lowest BCUT2D eigenvalue weighted by atomic mass is 9.89. The molecule has 0 aliphatic rings. The molecular weight excluding hydrogens is 226 g/mol. The molecule has 0 spiro atoms. The minimum Gasteiger partial charge on any atom is -0.394 e. The number of benzene rings is 1. The van der Waals surface area contributed by atoms with Gasteiger partial charge in [-0.2, -0.15) is 0 Å². The highest BCUT2D eigenvalue weighted by atomic mass is 16.5. The van der Waals surface area contributed by atoms with Crippen LogP contribution >= 0.6 is 0 Å². The topological polar surface area (TPSA) is 55.5 Å². The van der Waals surface area contributed by atoms with E-state index < -0.39 is 5.54 Å². The lowest BCUT2D eigenvalue weighted by Crippen LogP contribution is -2.42. The lowest BCUT2D eigenvalue weighted by Gasteiger charge is -2.28. The van der Waals surface area contributed by atoms with Crippen molar-refractivity contribution in [1.29, 1.82) is 0 Å². The molecular formula is C15H25NO2. The first-order valence-corrected chi connectivity index (χ1v) is 6.56. The van der Waals surface area contributed by atoms with Crippen LogP contribution in [0.25, 0.3) is 0 Å². The maximum atomic E-state index is 9.53. The van der Waals surface area contributed by atoms with Crippen molar-refractivity contribution < 1.29 is 9.84 Å². The summed E-state index contributed by atoms with van der Waals surface area (Å²) < 4.78 is 5.73. The van der Waals surface area contributed by atoms with Crippen molar-refractivity contribution in [3.05, 3.63) is 35.9 Å². The number of nitrogens with two attached hydrogens (primary N) is 1. The number of aliphatic hydroxyl groups is 1. The largest absolute Gasteiger partial charge is 0.394 e. The zero-order valence-electron chi connectivity index (χ0n) is 11.6. The Labute approximate surface area is 110 Å². The first kappa shape index (κ1) is 15.2. The fraction of sp³-hybridized carbons (Fsp3) is 0.600. The summed E-state index contributed by atoms with van der Waals surface area (Å²) in [5.41, 5.74) is 6.49. The van der Waals surface area contributed by atoms with Gasteiger partial charge in [0.15, 0.2) is 0 Å². The maximum absolute atomic E-state index is 9.53. The standard InChI is InChI=1S/C15H25NO2/c1-12(2)13(3)18-10-9-15(16,11-17)14-7-5-4-6-8-14/h4-8,12-13,17H,9-11,16H2,1-3H3. The van der Waals surface area contributed by atoms with Gasteiger partial charge < -0.3 is 15.6 Å². The van der Waals surface area contributed by atoms with Gasteiger partial charge in [-0.3, -0.25) is 0 Å². The minimum absolute atomic E-state index is 0.0730. The van der Waals surface area contributed by atoms with Crippen LogP contribution in [0.15, 0.2) is 30.3 Å². The van der Waals surface area contributed by atoms with Gasteiger partial charge >= 0.3 is 0 Å². The molecule has 3 N–H and O–H groups in total. The molecule has 0 saturated heterocycles. The molecule has 18 heavy (non-hydrogen) atoms. The van der Waals surface area contributed by atoms with Crippen LogP contribution in [0.2, 0.25) is 0 Å². The Morgan fingerprint density at radius 3 is 2.33 bits per heavy atom. The van der Waals surface area contributed by atoms with E-state index in [4.69, 9.17) is 10.5 Å². The van der Waals surface area contributed by atoms with Crippen molar-refractivity contribution in [3.8, 4) is 0 Å². The van der Waals surface area contributed by atoms with Crippen molar-refractivity contribution in [2.45, 2.75) is 38.8 Å². The summed E-state index contributed by atoms with van der Waals surface area (Å²) in [6.45, 7) is 6.80. The highest BCUT2D eigenvalue weighted by Gasteiger charge is 2.26. The third-order valence-corrected chi connectivity index (χ3v) is 3.50. The SMILES string of the molecule is CC(C)C(C)OCCC(N)(CO)c1ccccc1. The monoisotopic (exact) mass is 251 g/mol. The van der Waals surface area contributed by atoms with E-state index in [2.05, 4.69) is 20.8 Å². The number of hydrogen-bond donors (Lipinski definition) is 2. The van der Waals surface area contributed by atoms with E-state index in [0.717, 1.165) is 5.56 Å². The average molecular weight is 251 g/mol. The zero-order chi connectivity index (χ0) is 13.6. The van der Waals surface area contributed by atoms with Crippen LogP contribution in [0.4, 0.5) is 0 Å². The van der Waals surface area contributed by atoms with E-state index in [0.29, 0.717) is 18.9 Å². The summed E-state index contributed by atoms with van der Waals surface area (Å²) >= 11 is 0. The molecule has 2 atom stereocenters. The first-order valence-electron chi connectivity index (χ1n) is 6.56. The summed E-state index contributed by atoms with van der Waals surface area (Å²) in [6.07, 6.45) is 0.827. The van der Waals surface area contributed by atoms with E-state index in [9.17, 15) is 5.11 Å². The highest BCUT2D eigenvalue weighted by Crippen LogP contribution is 2.22. The summed E-state index contributed by atoms with van der Waals surface area (Å²) in [5, 5.41) is 9.53. The Bertz CT molecular complexity index is 340. The summed E-state index contributed by atoms with van der Waals surface area (Å²) in [7, 11) is 0. The van der Waals surface area contributed by atoms with E-state index in [1.165, 1.54) is 0 Å². The maximum Gasteiger partial charge on any atom is 0.0666 e. The molecule has 3 nitrogen and oxygen atoms in total. The van der Waals surface area contributed by atoms with Gasteiger partial charge in [-0.15, -0.1) is 0 Å². The number of ether oxygens (including phenoxy) is 1. The lowest BCUT2D eigenvalue weighted by molar-refractivity contribution is 0.0190. The van der Waals surface area contributed by atoms with Crippen molar-refractivity contribution in [2.75, 3.05) is 13.2 Å². The fourth-order valence-electron chi connectivity index (χ4n) is 1.70. The Kier molecular flexibility index (Phi) is 5.79. The average Bonchev–Trinajstić information content (AvgIpc) is 2.39. The van der Waals surface area contributed by atoms with Gasteiger partial charge in [0.1, 0.15) is 0 Å². The van der Waals surface area contributed by atoms with E-state index in [1.54, 1.807) is 0 Å². The molecule has 1 rings (SSSR count). The van der Waals surface area contributed by atoms with E-state index >= 15 is 0 Å². The van der Waals surface area contributed by atoms with Crippen LogP contribution in [0.1, 0.15) is 32.8 Å². The predicted molar refractivity (Wildman–Crippen MR) is 74.3 cm³/mol.